The second-order valence-electron chi connectivity index (χ2n) is 6.97. The lowest BCUT2D eigenvalue weighted by molar-refractivity contribution is -0.138. The average Bonchev–Trinajstić information content (AvgIpc) is 3.46. The lowest BCUT2D eigenvalue weighted by atomic mass is 9.96. The largest absolute Gasteiger partial charge is 0.335 e. The first-order chi connectivity index (χ1) is 12.3. The number of nitrogens with zero attached hydrogens (tertiary/aromatic N) is 2. The van der Waals surface area contributed by atoms with Crippen LogP contribution in [0.5, 0.6) is 0 Å². The van der Waals surface area contributed by atoms with E-state index in [9.17, 15) is 17.6 Å². The summed E-state index contributed by atoms with van der Waals surface area (Å²) in [5.74, 6) is -0.560. The van der Waals surface area contributed by atoms with Crippen LogP contribution in [-0.2, 0) is 21.4 Å². The molecule has 3 rings (SSSR count). The summed E-state index contributed by atoms with van der Waals surface area (Å²) < 4.78 is 39.5. The summed E-state index contributed by atoms with van der Waals surface area (Å²) in [7, 11) is -3.21. The highest BCUT2D eigenvalue weighted by Crippen LogP contribution is 2.33. The maximum atomic E-state index is 14.1. The summed E-state index contributed by atoms with van der Waals surface area (Å²) >= 11 is 6.12. The summed E-state index contributed by atoms with van der Waals surface area (Å²) in [5, 5.41) is 0.326. The molecular weight excluding hydrogens is 379 g/mol. The van der Waals surface area contributed by atoms with E-state index in [1.807, 2.05) is 0 Å². The summed E-state index contributed by atoms with van der Waals surface area (Å²) in [6.45, 7) is 2.53. The number of hydrogen-bond donors (Lipinski definition) is 0. The second-order valence-corrected chi connectivity index (χ2v) is 9.64. The molecule has 0 spiro atoms. The monoisotopic (exact) mass is 402 g/mol. The molecule has 2 fully saturated rings. The minimum atomic E-state index is -3.21. The zero-order valence-electron chi connectivity index (χ0n) is 14.8. The van der Waals surface area contributed by atoms with Gasteiger partial charge in [0.1, 0.15) is 5.82 Å². The van der Waals surface area contributed by atoms with Crippen molar-refractivity contribution in [1.29, 1.82) is 0 Å². The van der Waals surface area contributed by atoms with E-state index >= 15 is 0 Å². The number of carbonyl (C=O) groups excluding carboxylic acids is 1. The topological polar surface area (TPSA) is 57.7 Å². The van der Waals surface area contributed by atoms with Crippen LogP contribution in [0.4, 0.5) is 4.39 Å². The Bertz CT molecular complexity index is 754. The van der Waals surface area contributed by atoms with Crippen molar-refractivity contribution < 1.29 is 17.6 Å². The van der Waals surface area contributed by atoms with Crippen LogP contribution in [0.3, 0.4) is 0 Å². The quantitative estimate of drug-likeness (QED) is 0.734. The Morgan fingerprint density at radius 2 is 1.92 bits per heavy atom. The van der Waals surface area contributed by atoms with E-state index in [0.29, 0.717) is 36.5 Å². The first-order valence-electron chi connectivity index (χ1n) is 9.04. The first-order valence-corrected chi connectivity index (χ1v) is 11.0. The SMILES string of the molecule is CCS(=O)(=O)N1CCC(C(=O)N(Cc2c(F)cccc2Cl)C2CC2)CC1. The number of hydrogen-bond acceptors (Lipinski definition) is 3. The molecule has 1 aromatic carbocycles. The number of sulfonamides is 1. The standard InChI is InChI=1S/C18H24ClFN2O3S/c1-2-26(24,25)21-10-8-13(9-11-21)18(23)22(14-6-7-14)12-15-16(19)4-3-5-17(15)20/h3-5,13-14H,2,6-12H2,1H3. The highest BCUT2D eigenvalue weighted by Gasteiger charge is 2.38. The number of piperidine rings is 1. The molecule has 5 nitrogen and oxygen atoms in total. The second kappa shape index (κ2) is 7.82. The maximum Gasteiger partial charge on any atom is 0.226 e. The minimum absolute atomic E-state index is 0.0135. The predicted octanol–water partition coefficient (Wildman–Crippen LogP) is 3.03. The summed E-state index contributed by atoms with van der Waals surface area (Å²) in [5.41, 5.74) is 0.348. The van der Waals surface area contributed by atoms with E-state index in [2.05, 4.69) is 0 Å². The van der Waals surface area contributed by atoms with Gasteiger partial charge in [0.15, 0.2) is 0 Å². The molecule has 1 amide bonds. The van der Waals surface area contributed by atoms with Crippen molar-refractivity contribution in [2.75, 3.05) is 18.8 Å². The molecule has 0 aromatic heterocycles. The Morgan fingerprint density at radius 1 is 1.27 bits per heavy atom. The van der Waals surface area contributed by atoms with Gasteiger partial charge in [-0.1, -0.05) is 17.7 Å². The van der Waals surface area contributed by atoms with E-state index in [1.165, 1.54) is 10.4 Å². The average molecular weight is 403 g/mol. The molecule has 0 bridgehead atoms. The third-order valence-corrected chi connectivity index (χ3v) is 7.46. The van der Waals surface area contributed by atoms with Gasteiger partial charge in [0.25, 0.3) is 0 Å². The summed E-state index contributed by atoms with van der Waals surface area (Å²) in [6.07, 6.45) is 2.85. The molecular formula is C18H24ClFN2O3S. The molecule has 1 aromatic rings. The van der Waals surface area contributed by atoms with E-state index in [-0.39, 0.29) is 30.2 Å². The summed E-state index contributed by atoms with van der Waals surface area (Å²) in [6, 6.07) is 4.67. The van der Waals surface area contributed by atoms with Gasteiger partial charge in [-0.05, 0) is 44.7 Å². The lowest BCUT2D eigenvalue weighted by Gasteiger charge is -2.34. The fourth-order valence-electron chi connectivity index (χ4n) is 3.42. The Kier molecular flexibility index (Phi) is 5.89. The number of rotatable bonds is 6. The van der Waals surface area contributed by atoms with E-state index in [4.69, 9.17) is 11.6 Å². The van der Waals surface area contributed by atoms with Crippen LogP contribution in [-0.4, -0.2) is 48.4 Å². The van der Waals surface area contributed by atoms with Crippen LogP contribution in [0, 0.1) is 11.7 Å². The molecule has 0 atom stereocenters. The molecule has 2 aliphatic rings. The molecule has 1 saturated heterocycles. The molecule has 144 valence electrons. The number of benzene rings is 1. The molecule has 0 unspecified atom stereocenters. The van der Waals surface area contributed by atoms with Gasteiger partial charge in [-0.15, -0.1) is 0 Å². The van der Waals surface area contributed by atoms with Crippen LogP contribution in [0.2, 0.25) is 5.02 Å². The number of halogens is 2. The number of carbonyl (C=O) groups is 1. The fraction of sp³-hybridized carbons (Fsp3) is 0.611. The van der Waals surface area contributed by atoms with Crippen molar-refractivity contribution in [3.63, 3.8) is 0 Å². The Balaban J connectivity index is 1.69. The third kappa shape index (κ3) is 4.21. The van der Waals surface area contributed by atoms with Crippen molar-refractivity contribution >= 4 is 27.5 Å². The van der Waals surface area contributed by atoms with Gasteiger partial charge in [0.05, 0.1) is 12.3 Å². The van der Waals surface area contributed by atoms with Crippen LogP contribution in [0.25, 0.3) is 0 Å². The zero-order chi connectivity index (χ0) is 18.9. The highest BCUT2D eigenvalue weighted by molar-refractivity contribution is 7.89. The zero-order valence-corrected chi connectivity index (χ0v) is 16.4. The van der Waals surface area contributed by atoms with Crippen LogP contribution < -0.4 is 0 Å². The van der Waals surface area contributed by atoms with Crippen LogP contribution in [0.1, 0.15) is 38.2 Å². The molecule has 1 aliphatic carbocycles. The van der Waals surface area contributed by atoms with Gasteiger partial charge in [-0.25, -0.2) is 17.1 Å². The van der Waals surface area contributed by atoms with E-state index < -0.39 is 15.8 Å². The van der Waals surface area contributed by atoms with E-state index in [1.54, 1.807) is 24.0 Å². The molecule has 8 heteroatoms. The smallest absolute Gasteiger partial charge is 0.226 e. The Hall–Kier alpha value is -1.18. The third-order valence-electron chi connectivity index (χ3n) is 5.22. The van der Waals surface area contributed by atoms with E-state index in [0.717, 1.165) is 12.8 Å². The molecule has 26 heavy (non-hydrogen) atoms. The van der Waals surface area contributed by atoms with Crippen molar-refractivity contribution in [2.24, 2.45) is 5.92 Å². The Labute approximate surface area is 159 Å². The van der Waals surface area contributed by atoms with Crippen molar-refractivity contribution in [2.45, 2.75) is 45.2 Å². The molecule has 0 radical (unpaired) electrons. The van der Waals surface area contributed by atoms with Crippen molar-refractivity contribution in [1.82, 2.24) is 9.21 Å². The van der Waals surface area contributed by atoms with Gasteiger partial charge in [0.2, 0.25) is 15.9 Å². The summed E-state index contributed by atoms with van der Waals surface area (Å²) in [4.78, 5) is 14.8. The Morgan fingerprint density at radius 3 is 2.46 bits per heavy atom. The fourth-order valence-corrected chi connectivity index (χ4v) is 4.78. The van der Waals surface area contributed by atoms with Gasteiger partial charge in [0, 0.05) is 35.6 Å². The van der Waals surface area contributed by atoms with Gasteiger partial charge < -0.3 is 4.90 Å². The van der Waals surface area contributed by atoms with Gasteiger partial charge in [-0.3, -0.25) is 4.79 Å². The van der Waals surface area contributed by atoms with Crippen molar-refractivity contribution in [3.8, 4) is 0 Å². The molecule has 1 saturated carbocycles. The van der Waals surface area contributed by atoms with Crippen LogP contribution >= 0.6 is 11.6 Å². The maximum absolute atomic E-state index is 14.1. The van der Waals surface area contributed by atoms with Crippen molar-refractivity contribution in [3.05, 3.63) is 34.6 Å². The molecule has 1 heterocycles. The first kappa shape index (κ1) is 19.6. The normalized spacial score (nSPS) is 19.5. The predicted molar refractivity (Wildman–Crippen MR) is 98.7 cm³/mol. The van der Waals surface area contributed by atoms with Gasteiger partial charge in [-0.2, -0.15) is 0 Å². The minimum Gasteiger partial charge on any atom is -0.335 e. The number of amides is 1. The van der Waals surface area contributed by atoms with Crippen LogP contribution in [0.15, 0.2) is 18.2 Å². The molecule has 1 aliphatic heterocycles. The molecule has 0 N–H and O–H groups in total. The highest BCUT2D eigenvalue weighted by atomic mass is 35.5. The van der Waals surface area contributed by atoms with Gasteiger partial charge >= 0.3 is 0 Å². The lowest BCUT2D eigenvalue weighted by Crippen LogP contribution is -2.45.